The van der Waals surface area contributed by atoms with E-state index in [1.54, 1.807) is 11.8 Å². The Balaban J connectivity index is 1.46. The van der Waals surface area contributed by atoms with Crippen molar-refractivity contribution >= 4 is 35.1 Å². The Hall–Kier alpha value is -2.25. The fraction of sp³-hybridized carbons (Fsp3) is 0.348. The smallest absolute Gasteiger partial charge is 0.237 e. The Morgan fingerprint density at radius 1 is 1.03 bits per heavy atom. The van der Waals surface area contributed by atoms with E-state index in [1.807, 2.05) is 49.4 Å². The Bertz CT molecular complexity index is 1020. The minimum absolute atomic E-state index is 0.0300. The molecule has 1 saturated carbocycles. The summed E-state index contributed by atoms with van der Waals surface area (Å²) < 4.78 is 2.23. The number of hydrogen-bond donors (Lipinski definition) is 1. The molecular weight excluding hydrogens is 412 g/mol. The largest absolute Gasteiger partial charge is 0.324 e. The van der Waals surface area contributed by atoms with Crippen molar-refractivity contribution in [1.29, 1.82) is 0 Å². The summed E-state index contributed by atoms with van der Waals surface area (Å²) in [6.45, 7) is 6.19. The van der Waals surface area contributed by atoms with Gasteiger partial charge in [-0.3, -0.25) is 4.79 Å². The third-order valence-electron chi connectivity index (χ3n) is 4.89. The van der Waals surface area contributed by atoms with Crippen molar-refractivity contribution in [3.63, 3.8) is 0 Å². The number of nitrogens with zero attached hydrogens (tertiary/aromatic N) is 3. The van der Waals surface area contributed by atoms with Crippen molar-refractivity contribution in [3.05, 3.63) is 60.4 Å². The van der Waals surface area contributed by atoms with E-state index >= 15 is 0 Å². The molecule has 3 aromatic rings. The lowest BCUT2D eigenvalue weighted by molar-refractivity contribution is -0.115. The first-order valence-electron chi connectivity index (χ1n) is 10.3. The highest BCUT2D eigenvalue weighted by Crippen LogP contribution is 2.41. The highest BCUT2D eigenvalue weighted by Gasteiger charge is 2.31. The Kier molecular flexibility index (Phi) is 6.49. The predicted molar refractivity (Wildman–Crippen MR) is 123 cm³/mol. The van der Waals surface area contributed by atoms with E-state index in [-0.39, 0.29) is 11.2 Å². The molecule has 5 nitrogen and oxygen atoms in total. The average molecular weight is 439 g/mol. The molecule has 0 radical (unpaired) electrons. The Morgan fingerprint density at radius 2 is 1.73 bits per heavy atom. The summed E-state index contributed by atoms with van der Waals surface area (Å²) in [4.78, 5) is 15.1. The zero-order valence-corrected chi connectivity index (χ0v) is 19.0. The van der Waals surface area contributed by atoms with Gasteiger partial charge in [0.25, 0.3) is 0 Å². The number of hydrogen-bond acceptors (Lipinski definition) is 5. The van der Waals surface area contributed by atoms with Crippen LogP contribution in [0.15, 0.2) is 69.5 Å². The summed E-state index contributed by atoms with van der Waals surface area (Å²) in [5, 5.41) is 12.5. The zero-order valence-electron chi connectivity index (χ0n) is 17.4. The number of rotatable bonds is 8. The zero-order chi connectivity index (χ0) is 21.1. The first-order chi connectivity index (χ1) is 14.5. The van der Waals surface area contributed by atoms with Gasteiger partial charge in [0, 0.05) is 21.8 Å². The van der Waals surface area contributed by atoms with Crippen LogP contribution in [0.5, 0.6) is 0 Å². The summed E-state index contributed by atoms with van der Waals surface area (Å²) >= 11 is 3.13. The number of carbonyl (C=O) groups excluding carboxylic acids is 1. The highest BCUT2D eigenvalue weighted by molar-refractivity contribution is 8.00. The van der Waals surface area contributed by atoms with E-state index in [9.17, 15) is 4.79 Å². The van der Waals surface area contributed by atoms with Gasteiger partial charge in [0.1, 0.15) is 5.82 Å². The third-order valence-corrected chi connectivity index (χ3v) is 7.03. The third kappa shape index (κ3) is 4.90. The van der Waals surface area contributed by atoms with Crippen LogP contribution >= 0.6 is 23.5 Å². The summed E-state index contributed by atoms with van der Waals surface area (Å²) in [5.74, 6) is 1.30. The van der Waals surface area contributed by atoms with Gasteiger partial charge in [0.05, 0.1) is 10.9 Å². The number of aromatic nitrogens is 3. The predicted octanol–water partition coefficient (Wildman–Crippen LogP) is 6.01. The van der Waals surface area contributed by atoms with Crippen LogP contribution in [0.1, 0.15) is 51.4 Å². The molecule has 7 heteroatoms. The van der Waals surface area contributed by atoms with Crippen LogP contribution < -0.4 is 5.32 Å². The molecule has 4 rings (SSSR count). The Morgan fingerprint density at radius 3 is 2.43 bits per heavy atom. The molecule has 1 fully saturated rings. The quantitative estimate of drug-likeness (QED) is 0.437. The maximum absolute atomic E-state index is 13.0. The van der Waals surface area contributed by atoms with Crippen LogP contribution in [0.4, 0.5) is 5.69 Å². The molecule has 1 unspecified atom stereocenters. The molecule has 1 amide bonds. The minimum atomic E-state index is -0.276. The molecule has 0 bridgehead atoms. The normalized spacial score (nSPS) is 14.7. The average Bonchev–Trinajstić information content (AvgIpc) is 3.49. The topological polar surface area (TPSA) is 59.8 Å². The van der Waals surface area contributed by atoms with Gasteiger partial charge in [0.2, 0.25) is 5.91 Å². The second-order valence-corrected chi connectivity index (χ2v) is 10.2. The first kappa shape index (κ1) is 21.0. The van der Waals surface area contributed by atoms with Gasteiger partial charge >= 0.3 is 0 Å². The van der Waals surface area contributed by atoms with Crippen molar-refractivity contribution in [3.8, 4) is 0 Å². The number of amides is 1. The molecule has 1 heterocycles. The number of benzene rings is 2. The minimum Gasteiger partial charge on any atom is -0.324 e. The van der Waals surface area contributed by atoms with Crippen molar-refractivity contribution < 1.29 is 4.79 Å². The molecule has 156 valence electrons. The number of carbonyl (C=O) groups is 1. The number of anilines is 1. The monoisotopic (exact) mass is 438 g/mol. The van der Waals surface area contributed by atoms with Crippen LogP contribution in [0.2, 0.25) is 0 Å². The molecule has 1 aromatic heterocycles. The number of thioether (sulfide) groups is 1. The van der Waals surface area contributed by atoms with Gasteiger partial charge in [-0.05, 0) is 44.0 Å². The lowest BCUT2D eigenvalue weighted by atomic mass is 10.2. The maximum atomic E-state index is 13.0. The SMILES string of the molecule is CC(Sc1nnc(C(C)C)n1C1CC1)C(=O)Nc1ccccc1Sc1ccccc1. The van der Waals surface area contributed by atoms with Crippen LogP contribution in [0, 0.1) is 0 Å². The fourth-order valence-electron chi connectivity index (χ4n) is 3.16. The van der Waals surface area contributed by atoms with E-state index in [4.69, 9.17) is 0 Å². The van der Waals surface area contributed by atoms with Gasteiger partial charge in [0.15, 0.2) is 5.16 Å². The lowest BCUT2D eigenvalue weighted by Crippen LogP contribution is -2.23. The lowest BCUT2D eigenvalue weighted by Gasteiger charge is -2.15. The van der Waals surface area contributed by atoms with Gasteiger partial charge in [-0.25, -0.2) is 0 Å². The highest BCUT2D eigenvalue weighted by atomic mass is 32.2. The van der Waals surface area contributed by atoms with E-state index in [0.29, 0.717) is 12.0 Å². The van der Waals surface area contributed by atoms with Gasteiger partial charge < -0.3 is 9.88 Å². The van der Waals surface area contributed by atoms with Crippen molar-refractivity contribution in [2.24, 2.45) is 0 Å². The molecule has 1 aliphatic carbocycles. The Labute approximate surface area is 186 Å². The summed E-state index contributed by atoms with van der Waals surface area (Å²) in [6.07, 6.45) is 2.33. The molecule has 0 spiro atoms. The van der Waals surface area contributed by atoms with Crippen LogP contribution in [-0.4, -0.2) is 25.9 Å². The molecule has 1 aliphatic rings. The second-order valence-electron chi connectivity index (χ2n) is 7.76. The fourth-order valence-corrected chi connectivity index (χ4v) is 5.01. The van der Waals surface area contributed by atoms with E-state index in [0.717, 1.165) is 39.3 Å². The standard InChI is InChI=1S/C23H26N4OS2/c1-15(2)21-25-26-23(27(21)17-13-14-17)29-16(3)22(28)24-19-11-7-8-12-20(19)30-18-9-5-4-6-10-18/h4-12,15-17H,13-14H2,1-3H3,(H,24,28). The van der Waals surface area contributed by atoms with Gasteiger partial charge in [-0.2, -0.15) is 0 Å². The molecule has 0 aliphatic heterocycles. The summed E-state index contributed by atoms with van der Waals surface area (Å²) in [7, 11) is 0. The van der Waals surface area contributed by atoms with Crippen molar-refractivity contribution in [1.82, 2.24) is 14.8 Å². The van der Waals surface area contributed by atoms with E-state index in [2.05, 4.69) is 46.1 Å². The summed E-state index contributed by atoms with van der Waals surface area (Å²) in [6, 6.07) is 18.6. The summed E-state index contributed by atoms with van der Waals surface area (Å²) in [5.41, 5.74) is 0.829. The molecule has 1 atom stereocenters. The van der Waals surface area contributed by atoms with Crippen molar-refractivity contribution in [2.45, 2.75) is 65.8 Å². The molecule has 1 N–H and O–H groups in total. The number of para-hydroxylation sites is 1. The molecule has 0 saturated heterocycles. The van der Waals surface area contributed by atoms with Crippen LogP contribution in [0.3, 0.4) is 0 Å². The van der Waals surface area contributed by atoms with Crippen LogP contribution in [-0.2, 0) is 4.79 Å². The van der Waals surface area contributed by atoms with Gasteiger partial charge in [-0.15, -0.1) is 10.2 Å². The number of nitrogens with one attached hydrogen (secondary N) is 1. The second kappa shape index (κ2) is 9.27. The molecular formula is C23H26N4OS2. The van der Waals surface area contributed by atoms with Crippen molar-refractivity contribution in [2.75, 3.05) is 5.32 Å². The molecule has 30 heavy (non-hydrogen) atoms. The van der Waals surface area contributed by atoms with E-state index < -0.39 is 0 Å². The maximum Gasteiger partial charge on any atom is 0.237 e. The molecule has 2 aromatic carbocycles. The van der Waals surface area contributed by atoms with Crippen LogP contribution in [0.25, 0.3) is 0 Å². The first-order valence-corrected chi connectivity index (χ1v) is 12.0. The van der Waals surface area contributed by atoms with E-state index in [1.165, 1.54) is 11.8 Å². The van der Waals surface area contributed by atoms with Gasteiger partial charge in [-0.1, -0.05) is 67.7 Å².